The van der Waals surface area contributed by atoms with E-state index in [0.717, 1.165) is 48.9 Å². The zero-order chi connectivity index (χ0) is 90.7. The third-order valence-corrected chi connectivity index (χ3v) is 14.3. The summed E-state index contributed by atoms with van der Waals surface area (Å²) in [6.07, 6.45) is 11.5. The summed E-state index contributed by atoms with van der Waals surface area (Å²) in [6.45, 7) is 16.1. The Morgan fingerprint density at radius 1 is 0.410 bits per heavy atom. The largest absolute Gasteiger partial charge is 0.519 e. The number of esters is 2. The number of nitrogens with zero attached hydrogens (tertiary/aromatic N) is 11. The molecule has 0 aliphatic heterocycles. The fraction of sp³-hybridized carbons (Fsp3) is 0.293. The number of aliphatic hydroxyl groups excluding tert-OH is 1. The normalized spacial score (nSPS) is 10.3. The molecule has 0 aliphatic rings. The summed E-state index contributed by atoms with van der Waals surface area (Å²) in [5, 5.41) is 17.9. The van der Waals surface area contributed by atoms with Crippen molar-refractivity contribution in [2.75, 3.05) is 76.4 Å². The van der Waals surface area contributed by atoms with Crippen molar-refractivity contribution in [1.29, 1.82) is 0 Å². The van der Waals surface area contributed by atoms with Gasteiger partial charge in [-0.2, -0.15) is 0 Å². The predicted octanol–water partition coefficient (Wildman–Crippen LogP) is 13.5. The lowest BCUT2D eigenvalue weighted by molar-refractivity contribution is -0.0295. The number of ether oxygens (including phenoxy) is 11. The van der Waals surface area contributed by atoms with Gasteiger partial charge in [0.2, 0.25) is 29.4 Å². The molecule has 122 heavy (non-hydrogen) atoms. The topological polar surface area (TPSA) is 453 Å². The number of nitrogens with one attached hydrogen (secondary N) is 3. The van der Waals surface area contributed by atoms with Crippen molar-refractivity contribution in [2.24, 2.45) is 0 Å². The highest BCUT2D eigenvalue weighted by molar-refractivity contribution is 5.90. The van der Waals surface area contributed by atoms with Crippen LogP contribution in [0.2, 0.25) is 0 Å². The zero-order valence-electron chi connectivity index (χ0n) is 69.3. The maximum Gasteiger partial charge on any atom is 0.519 e. The van der Waals surface area contributed by atoms with Crippen molar-refractivity contribution in [3.05, 3.63) is 238 Å². The van der Waals surface area contributed by atoms with E-state index in [4.69, 9.17) is 44.0 Å². The van der Waals surface area contributed by atoms with Gasteiger partial charge in [0.25, 0.3) is 0 Å². The number of halogens is 5. The minimum absolute atomic E-state index is 0.0467. The molecule has 0 spiro atoms. The summed E-state index contributed by atoms with van der Waals surface area (Å²) in [7, 11) is 9.81. The summed E-state index contributed by atoms with van der Waals surface area (Å²) in [6, 6.07) is 22.5. The van der Waals surface area contributed by atoms with Crippen LogP contribution in [0.5, 0.6) is 29.4 Å². The van der Waals surface area contributed by atoms with Gasteiger partial charge in [-0.25, -0.2) is 95.8 Å². The standard InChI is InChI=1S/C18H20FN3O4.C14H14FN3O3.C13H14FN3O2.C13H12FN3O2.C10H18O5.C7H6FNO2.C7H8N2O2/c1-18(2,3)26-17(24)22(15-6-5-12(11-23)8-20-15)10-13-7-14(19)9-21-16(13)25-4;1-20-13-10(5-11(15)8-18-13)7-17-12-4-3-9(6-16-12)14(19)21-2;2*1-19-13-10(4-11(14)7-17-13)6-16-12-3-2-9(8-18)5-15-12;1-9(2,3)14-7(11)13-8(12)15-10(4,5)6;1-11-7-5(4-10)2-6(8)3-9-7;1-11-7(10)5-2-3-6(8)9-4-5/h5-9,11H,10H2,1-4H3;3-6,8H,7H2,1-2H3,(H,16,17);2-5,7,18H,6,8H2,1H3,(H,15,16);2-5,7-8H,6H2,1H3,(H,15,16);1-6H3;2-4H,1H3;2-4H,1H3,(H2,8,9). The molecule has 0 saturated carbocycles. The van der Waals surface area contributed by atoms with Crippen LogP contribution in [0.15, 0.2) is 153 Å². The highest BCUT2D eigenvalue weighted by Gasteiger charge is 2.28. The monoisotopic (exact) mass is 1700 g/mol. The summed E-state index contributed by atoms with van der Waals surface area (Å²) in [5.74, 6) is 0.526. The number of nitrogens with two attached hydrogens (primary N) is 1. The van der Waals surface area contributed by atoms with E-state index in [1.807, 2.05) is 0 Å². The molecule has 10 aromatic rings. The lowest BCUT2D eigenvalue weighted by atomic mass is 10.2. The van der Waals surface area contributed by atoms with Crippen molar-refractivity contribution < 1.29 is 118 Å². The average Bonchev–Trinajstić information content (AvgIpc) is 0.820. The molecule has 0 bridgehead atoms. The van der Waals surface area contributed by atoms with E-state index < -0.39 is 76.2 Å². The highest BCUT2D eigenvalue weighted by atomic mass is 19.1. The molecule has 0 fully saturated rings. The number of hydrogen-bond donors (Lipinski definition) is 5. The van der Waals surface area contributed by atoms with E-state index in [2.05, 4.69) is 84.7 Å². The second-order valence-corrected chi connectivity index (χ2v) is 27.1. The minimum atomic E-state index is -1.06. The number of amides is 1. The molecule has 650 valence electrons. The smallest absolute Gasteiger partial charge is 0.481 e. The Hall–Kier alpha value is -14.7. The van der Waals surface area contributed by atoms with E-state index in [9.17, 15) is 60.3 Å². The summed E-state index contributed by atoms with van der Waals surface area (Å²) >= 11 is 0. The van der Waals surface area contributed by atoms with Gasteiger partial charge in [-0.1, -0.05) is 6.07 Å². The Labute approximate surface area is 698 Å². The van der Waals surface area contributed by atoms with Crippen LogP contribution in [0.1, 0.15) is 142 Å². The van der Waals surface area contributed by atoms with E-state index >= 15 is 0 Å². The van der Waals surface area contributed by atoms with Crippen molar-refractivity contribution in [3.63, 3.8) is 0 Å². The van der Waals surface area contributed by atoms with Crippen LogP contribution < -0.4 is 50.3 Å². The minimum Gasteiger partial charge on any atom is -0.481 e. The second-order valence-electron chi connectivity index (χ2n) is 27.1. The number of nitrogen functional groups attached to an aromatic ring is 1. The third kappa shape index (κ3) is 36.8. The number of carbonyl (C=O) groups is 8. The number of pyridine rings is 10. The predicted molar refractivity (Wildman–Crippen MR) is 432 cm³/mol. The van der Waals surface area contributed by atoms with E-state index in [0.29, 0.717) is 118 Å². The third-order valence-electron chi connectivity index (χ3n) is 14.3. The van der Waals surface area contributed by atoms with Gasteiger partial charge in [0.1, 0.15) is 75.0 Å². The SMILES string of the molecule is CC(C)(C)OC(=O)OC(=O)OC(C)(C)C.COC(=O)c1ccc(N)nc1.COC(=O)c1ccc(NCc2cc(F)cnc2OC)nc1.COc1ncc(F)cc1C=O.COc1ncc(F)cc1CN(C(=O)OC(C)(C)C)c1ccc(C=O)cn1.COc1ncc(F)cc1CNc1ccc(C=O)cn1.COc1ncc(F)cc1CNc1ccc(CO)cn1. The number of aldehydes is 3. The van der Waals surface area contributed by atoms with Gasteiger partial charge in [0, 0.05) is 84.0 Å². The van der Waals surface area contributed by atoms with Crippen molar-refractivity contribution in [2.45, 2.75) is 112 Å². The fourth-order valence-electron chi connectivity index (χ4n) is 8.90. The number of hydrogen-bond acceptors (Lipinski definition) is 34. The number of rotatable bonds is 23. The van der Waals surface area contributed by atoms with E-state index in [1.54, 1.807) is 117 Å². The molecule has 10 aromatic heterocycles. The maximum atomic E-state index is 13.6. The van der Waals surface area contributed by atoms with Crippen LogP contribution in [0.4, 0.5) is 65.4 Å². The lowest BCUT2D eigenvalue weighted by Gasteiger charge is -2.27. The molecule has 0 radical (unpaired) electrons. The lowest BCUT2D eigenvalue weighted by Crippen LogP contribution is -2.37. The van der Waals surface area contributed by atoms with Crippen LogP contribution >= 0.6 is 0 Å². The fourth-order valence-corrected chi connectivity index (χ4v) is 8.90. The highest BCUT2D eigenvalue weighted by Crippen LogP contribution is 2.26. The quantitative estimate of drug-likeness (QED) is 0.0130. The van der Waals surface area contributed by atoms with Gasteiger partial charge < -0.3 is 78.9 Å². The van der Waals surface area contributed by atoms with Crippen molar-refractivity contribution >= 4 is 78.3 Å². The Bertz CT molecular complexity index is 4990. The molecule has 0 atom stereocenters. The summed E-state index contributed by atoms with van der Waals surface area (Å²) < 4.78 is 119. The Balaban J connectivity index is 0.000000304. The van der Waals surface area contributed by atoms with Gasteiger partial charge >= 0.3 is 30.3 Å². The van der Waals surface area contributed by atoms with Crippen LogP contribution in [0.25, 0.3) is 0 Å². The van der Waals surface area contributed by atoms with Gasteiger partial charge in [0.05, 0.1) is 111 Å². The number of anilines is 5. The molecule has 0 saturated heterocycles. The molecular formula is C82H92F5N15O20. The van der Waals surface area contributed by atoms with Crippen LogP contribution in [-0.4, -0.2) is 171 Å². The molecule has 10 rings (SSSR count). The zero-order valence-corrected chi connectivity index (χ0v) is 69.3. The number of aliphatic hydroxyl groups is 1. The first-order chi connectivity index (χ1) is 57.8. The Morgan fingerprint density at radius 2 is 0.770 bits per heavy atom. The Morgan fingerprint density at radius 3 is 1.10 bits per heavy atom. The van der Waals surface area contributed by atoms with Gasteiger partial charge in [-0.15, -0.1) is 0 Å². The first-order valence-corrected chi connectivity index (χ1v) is 35.8. The van der Waals surface area contributed by atoms with Crippen molar-refractivity contribution in [1.82, 2.24) is 49.8 Å². The van der Waals surface area contributed by atoms with Crippen molar-refractivity contribution in [3.8, 4) is 29.4 Å². The van der Waals surface area contributed by atoms with E-state index in [1.165, 1.54) is 116 Å². The molecular weight excluding hydrogens is 1610 g/mol. The Kier molecular flexibility index (Phi) is 40.9. The molecule has 0 aromatic carbocycles. The van der Waals surface area contributed by atoms with E-state index in [-0.39, 0.29) is 36.3 Å². The van der Waals surface area contributed by atoms with Crippen LogP contribution in [0.3, 0.4) is 0 Å². The number of aromatic nitrogens is 10. The summed E-state index contributed by atoms with van der Waals surface area (Å²) in [4.78, 5) is 129. The molecule has 40 heteroatoms. The average molecular weight is 1700 g/mol. The van der Waals surface area contributed by atoms with Gasteiger partial charge in [0.15, 0.2) is 18.9 Å². The van der Waals surface area contributed by atoms with Crippen LogP contribution in [0, 0.1) is 29.1 Å². The molecule has 35 nitrogen and oxygen atoms in total. The number of methoxy groups -OCH3 is 7. The molecule has 0 aliphatic carbocycles. The summed E-state index contributed by atoms with van der Waals surface area (Å²) in [5.41, 5.74) is 7.76. The van der Waals surface area contributed by atoms with Gasteiger partial charge in [-0.05, 0) is 153 Å². The molecule has 0 unspecified atom stereocenters. The second kappa shape index (κ2) is 50.1. The molecule has 1 amide bonds. The first kappa shape index (κ1) is 99.6. The maximum absolute atomic E-state index is 13.6. The van der Waals surface area contributed by atoms with Gasteiger partial charge in [-0.3, -0.25) is 19.3 Å². The van der Waals surface area contributed by atoms with Crippen LogP contribution in [-0.2, 0) is 61.2 Å². The number of carbonyl (C=O) groups excluding carboxylic acids is 8. The first-order valence-electron chi connectivity index (χ1n) is 35.8. The molecule has 10 heterocycles. The molecule has 6 N–H and O–H groups in total.